The fourth-order valence-electron chi connectivity index (χ4n) is 5.65. The highest BCUT2D eigenvalue weighted by Gasteiger charge is 2.17. The number of H-pyrrole nitrogens is 2. The maximum Gasteiger partial charge on any atom is 0.159 e. The first-order valence-corrected chi connectivity index (χ1v) is 13.5. The third-order valence-electron chi connectivity index (χ3n) is 7.65. The lowest BCUT2D eigenvalue weighted by Gasteiger charge is -2.11. The highest BCUT2D eigenvalue weighted by atomic mass is 19.1. The number of halogens is 1. The number of rotatable bonds is 7. The normalized spacial score (nSPS) is 14.1. The van der Waals surface area contributed by atoms with Crippen LogP contribution >= 0.6 is 0 Å². The first-order valence-electron chi connectivity index (χ1n) is 13.5. The Labute approximate surface area is 224 Å². The number of nitrogens with one attached hydrogen (secondary N) is 3. The van der Waals surface area contributed by atoms with Crippen LogP contribution in [0.15, 0.2) is 73.2 Å². The van der Waals surface area contributed by atoms with Gasteiger partial charge in [-0.1, -0.05) is 37.1 Å². The minimum atomic E-state index is -0.277. The Kier molecular flexibility index (Phi) is 6.09. The third kappa shape index (κ3) is 4.68. The average Bonchev–Trinajstić information content (AvgIpc) is 3.72. The molecule has 0 spiro atoms. The van der Waals surface area contributed by atoms with E-state index in [0.717, 1.165) is 63.2 Å². The van der Waals surface area contributed by atoms with Crippen molar-refractivity contribution in [3.05, 3.63) is 84.6 Å². The fourth-order valence-corrected chi connectivity index (χ4v) is 5.65. The molecule has 0 saturated heterocycles. The first-order chi connectivity index (χ1) is 19.2. The van der Waals surface area contributed by atoms with E-state index in [4.69, 9.17) is 4.98 Å². The molecule has 7 nitrogen and oxygen atoms in total. The van der Waals surface area contributed by atoms with Crippen molar-refractivity contribution in [2.45, 2.75) is 32.2 Å². The van der Waals surface area contributed by atoms with E-state index in [-0.39, 0.29) is 5.82 Å². The van der Waals surface area contributed by atoms with E-state index >= 15 is 0 Å². The number of fused-ring (bicyclic) bond motifs is 2. The maximum atomic E-state index is 13.9. The molecule has 0 aliphatic heterocycles. The largest absolute Gasteiger partial charge is 0.337 e. The van der Waals surface area contributed by atoms with Crippen LogP contribution in [0.4, 0.5) is 4.39 Å². The van der Waals surface area contributed by atoms with Crippen molar-refractivity contribution >= 4 is 22.1 Å². The molecule has 1 aliphatic rings. The second-order valence-corrected chi connectivity index (χ2v) is 10.4. The van der Waals surface area contributed by atoms with Gasteiger partial charge in [0.25, 0.3) is 0 Å². The monoisotopic (exact) mass is 517 g/mol. The second-order valence-electron chi connectivity index (χ2n) is 10.4. The molecule has 0 amide bonds. The van der Waals surface area contributed by atoms with Crippen LogP contribution in [-0.4, -0.2) is 36.7 Å². The Morgan fingerprint density at radius 1 is 0.923 bits per heavy atom. The molecule has 4 heterocycles. The molecule has 2 aromatic carbocycles. The topological polar surface area (TPSA) is 95.2 Å². The summed E-state index contributed by atoms with van der Waals surface area (Å²) in [6, 6.07) is 16.7. The quantitative estimate of drug-likeness (QED) is 0.220. The van der Waals surface area contributed by atoms with Gasteiger partial charge in [-0.2, -0.15) is 5.10 Å². The number of hydrogen-bond acceptors (Lipinski definition) is 5. The summed E-state index contributed by atoms with van der Waals surface area (Å²) in [5.41, 5.74) is 7.75. The number of pyridine rings is 2. The van der Waals surface area contributed by atoms with Crippen molar-refractivity contribution in [2.24, 2.45) is 5.92 Å². The first kappa shape index (κ1) is 23.7. The van der Waals surface area contributed by atoms with Gasteiger partial charge in [-0.15, -0.1) is 0 Å². The summed E-state index contributed by atoms with van der Waals surface area (Å²) >= 11 is 0. The summed E-state index contributed by atoms with van der Waals surface area (Å²) in [5.74, 6) is 1.15. The van der Waals surface area contributed by atoms with E-state index in [0.29, 0.717) is 17.2 Å². The van der Waals surface area contributed by atoms with Crippen molar-refractivity contribution in [3.63, 3.8) is 0 Å². The highest BCUT2D eigenvalue weighted by molar-refractivity contribution is 5.97. The van der Waals surface area contributed by atoms with Crippen LogP contribution in [0.1, 0.15) is 31.2 Å². The zero-order valence-electron chi connectivity index (χ0n) is 21.4. The summed E-state index contributed by atoms with van der Waals surface area (Å²) < 4.78 is 13.9. The number of para-hydroxylation sites is 1. The molecule has 8 heteroatoms. The maximum absolute atomic E-state index is 13.9. The SMILES string of the molecule is Fc1cccc(-c2cccc3[nH]c(-c4n[nH]c5ncc(-c6cncc(CNCC7CCCC7)c6)cc45)nc23)c1. The van der Waals surface area contributed by atoms with Crippen molar-refractivity contribution in [1.82, 2.24) is 35.5 Å². The Hall–Kier alpha value is -4.43. The van der Waals surface area contributed by atoms with Gasteiger partial charge in [-0.3, -0.25) is 10.1 Å². The smallest absolute Gasteiger partial charge is 0.159 e. The Balaban J connectivity index is 1.20. The van der Waals surface area contributed by atoms with Crippen LogP contribution in [0.5, 0.6) is 0 Å². The lowest BCUT2D eigenvalue weighted by Crippen LogP contribution is -2.20. The molecule has 39 heavy (non-hydrogen) atoms. The fraction of sp³-hybridized carbons (Fsp3) is 0.226. The zero-order chi connectivity index (χ0) is 26.2. The van der Waals surface area contributed by atoms with Crippen molar-refractivity contribution in [3.8, 4) is 33.8 Å². The minimum Gasteiger partial charge on any atom is -0.337 e. The molecule has 0 radical (unpaired) electrons. The summed E-state index contributed by atoms with van der Waals surface area (Å²) in [7, 11) is 0. The van der Waals surface area contributed by atoms with E-state index in [1.165, 1.54) is 37.8 Å². The van der Waals surface area contributed by atoms with Crippen molar-refractivity contribution in [2.75, 3.05) is 6.54 Å². The number of nitrogens with zero attached hydrogens (tertiary/aromatic N) is 4. The number of benzene rings is 2. The molecule has 3 N–H and O–H groups in total. The van der Waals surface area contributed by atoms with Gasteiger partial charge < -0.3 is 10.3 Å². The van der Waals surface area contributed by atoms with Crippen LogP contribution in [0.2, 0.25) is 0 Å². The van der Waals surface area contributed by atoms with Crippen molar-refractivity contribution in [1.29, 1.82) is 0 Å². The molecular formula is C31H28FN7. The van der Waals surface area contributed by atoms with Gasteiger partial charge in [-0.25, -0.2) is 14.4 Å². The predicted octanol–water partition coefficient (Wildman–Crippen LogP) is 6.65. The Morgan fingerprint density at radius 3 is 2.69 bits per heavy atom. The zero-order valence-corrected chi connectivity index (χ0v) is 21.4. The molecule has 0 atom stereocenters. The molecule has 1 fully saturated rings. The Bertz CT molecular complexity index is 1780. The summed E-state index contributed by atoms with van der Waals surface area (Å²) in [4.78, 5) is 17.4. The van der Waals surface area contributed by atoms with E-state index in [1.807, 2.05) is 42.9 Å². The van der Waals surface area contributed by atoms with Crippen LogP contribution < -0.4 is 5.32 Å². The van der Waals surface area contributed by atoms with Gasteiger partial charge in [0.1, 0.15) is 11.5 Å². The lowest BCUT2D eigenvalue weighted by atomic mass is 10.0. The Morgan fingerprint density at radius 2 is 1.79 bits per heavy atom. The lowest BCUT2D eigenvalue weighted by molar-refractivity contribution is 0.489. The number of aromatic nitrogens is 6. The van der Waals surface area contributed by atoms with Gasteiger partial charge in [0, 0.05) is 41.8 Å². The van der Waals surface area contributed by atoms with Crippen LogP contribution in [0.25, 0.3) is 55.8 Å². The van der Waals surface area contributed by atoms with Gasteiger partial charge >= 0.3 is 0 Å². The van der Waals surface area contributed by atoms with Gasteiger partial charge in [-0.05, 0) is 66.8 Å². The average molecular weight is 518 g/mol. The van der Waals surface area contributed by atoms with Crippen LogP contribution in [-0.2, 0) is 6.54 Å². The second kappa shape index (κ2) is 10.0. The summed E-state index contributed by atoms with van der Waals surface area (Å²) in [6.45, 7) is 1.87. The molecular weight excluding hydrogens is 489 g/mol. The van der Waals surface area contributed by atoms with E-state index in [9.17, 15) is 4.39 Å². The number of aromatic amines is 2. The predicted molar refractivity (Wildman–Crippen MR) is 151 cm³/mol. The van der Waals surface area contributed by atoms with Crippen LogP contribution in [0.3, 0.4) is 0 Å². The van der Waals surface area contributed by atoms with Crippen molar-refractivity contribution < 1.29 is 4.39 Å². The molecule has 194 valence electrons. The van der Waals surface area contributed by atoms with Gasteiger partial charge in [0.15, 0.2) is 11.5 Å². The standard InChI is InChI=1S/C31H28FN7/c32-24-8-3-7-21(12-24)25-9-4-10-27-28(25)37-31(36-27)29-26-13-23(18-35-30(26)39-38-29)22-11-20(16-34-17-22)15-33-14-19-5-1-2-6-19/h3-4,7-13,16-19,33H,1-2,5-6,14-15H2,(H,36,37)(H,35,38,39). The van der Waals surface area contributed by atoms with E-state index in [2.05, 4.69) is 42.6 Å². The minimum absolute atomic E-state index is 0.277. The third-order valence-corrected chi connectivity index (χ3v) is 7.65. The number of imidazole rings is 1. The summed E-state index contributed by atoms with van der Waals surface area (Å²) in [5, 5.41) is 12.0. The van der Waals surface area contributed by atoms with Crippen LogP contribution in [0, 0.1) is 11.7 Å². The number of hydrogen-bond donors (Lipinski definition) is 3. The highest BCUT2D eigenvalue weighted by Crippen LogP contribution is 2.33. The van der Waals surface area contributed by atoms with Gasteiger partial charge in [0.05, 0.1) is 16.4 Å². The molecule has 7 rings (SSSR count). The molecule has 6 aromatic rings. The molecule has 0 unspecified atom stereocenters. The van der Waals surface area contributed by atoms with Gasteiger partial charge in [0.2, 0.25) is 0 Å². The molecule has 0 bridgehead atoms. The molecule has 1 aliphatic carbocycles. The molecule has 4 aromatic heterocycles. The van der Waals surface area contributed by atoms with E-state index < -0.39 is 0 Å². The molecule has 1 saturated carbocycles. The summed E-state index contributed by atoms with van der Waals surface area (Å²) in [6.07, 6.45) is 11.0. The van der Waals surface area contributed by atoms with E-state index in [1.54, 1.807) is 6.07 Å².